The van der Waals surface area contributed by atoms with E-state index in [1.807, 2.05) is 22.6 Å². The molecule has 3 aromatic rings. The molecule has 0 aliphatic heterocycles. The third-order valence-electron chi connectivity index (χ3n) is 3.54. The highest BCUT2D eigenvalue weighted by Gasteiger charge is 2.22. The zero-order valence-corrected chi connectivity index (χ0v) is 15.4. The van der Waals surface area contributed by atoms with Crippen molar-refractivity contribution in [2.24, 2.45) is 0 Å². The number of fused-ring (bicyclic) bond motifs is 1. The van der Waals surface area contributed by atoms with Crippen molar-refractivity contribution in [2.45, 2.75) is 13.0 Å². The molecule has 2 heterocycles. The fourth-order valence-electron chi connectivity index (χ4n) is 2.29. The molecule has 130 valence electrons. The lowest BCUT2D eigenvalue weighted by Gasteiger charge is -2.11. The van der Waals surface area contributed by atoms with E-state index >= 15 is 0 Å². The molecule has 6 nitrogen and oxygen atoms in total. The van der Waals surface area contributed by atoms with Crippen LogP contribution in [0.2, 0.25) is 0 Å². The molecule has 2 aromatic heterocycles. The van der Waals surface area contributed by atoms with Crippen molar-refractivity contribution in [3.8, 4) is 0 Å². The van der Waals surface area contributed by atoms with Crippen molar-refractivity contribution in [2.75, 3.05) is 11.9 Å². The highest BCUT2D eigenvalue weighted by Crippen LogP contribution is 2.33. The van der Waals surface area contributed by atoms with Crippen molar-refractivity contribution in [3.63, 3.8) is 0 Å². The van der Waals surface area contributed by atoms with E-state index in [0.29, 0.717) is 16.7 Å². The Morgan fingerprint density at radius 3 is 2.96 bits per heavy atom. The first-order valence-electron chi connectivity index (χ1n) is 7.50. The smallest absolute Gasteiger partial charge is 0.289 e. The van der Waals surface area contributed by atoms with Crippen LogP contribution < -0.4 is 10.6 Å². The molecule has 0 saturated carbocycles. The van der Waals surface area contributed by atoms with E-state index in [-0.39, 0.29) is 18.1 Å². The number of rotatable bonds is 5. The van der Waals surface area contributed by atoms with Crippen LogP contribution in [0.1, 0.15) is 17.5 Å². The molecule has 0 spiro atoms. The molecule has 1 aromatic carbocycles. The number of carbonyl (C=O) groups excluding carboxylic acids is 1. The van der Waals surface area contributed by atoms with Gasteiger partial charge in [0.05, 0.1) is 17.7 Å². The Bertz CT molecular complexity index is 929. The second kappa shape index (κ2) is 7.36. The number of carbonyl (C=O) groups is 1. The van der Waals surface area contributed by atoms with Gasteiger partial charge >= 0.3 is 0 Å². The molecule has 0 bridgehead atoms. The molecule has 0 saturated heterocycles. The molecule has 8 heteroatoms. The fraction of sp³-hybridized carbons (Fsp3) is 0.176. The van der Waals surface area contributed by atoms with E-state index in [2.05, 4.69) is 15.6 Å². The molecular weight excluding hydrogens is 440 g/mol. The summed E-state index contributed by atoms with van der Waals surface area (Å²) in [5, 5.41) is 15.2. The van der Waals surface area contributed by atoms with Crippen LogP contribution in [0.15, 0.2) is 41.1 Å². The second-order valence-corrected chi connectivity index (χ2v) is 6.73. The van der Waals surface area contributed by atoms with Crippen LogP contribution >= 0.6 is 22.6 Å². The third-order valence-corrected chi connectivity index (χ3v) is 4.21. The standard InChI is InChI=1S/C17H15FIN3O3/c1-9(8-23)21-17(24)16-15(11-7-20-5-4-14(11)25-16)22-13-3-2-10(19)6-12(13)18/h2-7,9,22-23H,8H2,1H3,(H,21,24)/t9-/m1/s1. The average molecular weight is 455 g/mol. The Kier molecular flexibility index (Phi) is 5.19. The number of aliphatic hydroxyl groups is 1. The van der Waals surface area contributed by atoms with Crippen LogP contribution in [-0.4, -0.2) is 28.6 Å². The van der Waals surface area contributed by atoms with Crippen LogP contribution in [0.4, 0.5) is 15.8 Å². The van der Waals surface area contributed by atoms with Gasteiger partial charge in [0.1, 0.15) is 17.1 Å². The lowest BCUT2D eigenvalue weighted by Crippen LogP contribution is -2.35. The van der Waals surface area contributed by atoms with Crippen LogP contribution in [0.25, 0.3) is 11.0 Å². The molecular formula is C17H15FIN3O3. The van der Waals surface area contributed by atoms with E-state index in [0.717, 1.165) is 3.57 Å². The summed E-state index contributed by atoms with van der Waals surface area (Å²) in [6.45, 7) is 1.45. The Labute approximate surface area is 156 Å². The topological polar surface area (TPSA) is 87.4 Å². The Morgan fingerprint density at radius 2 is 2.24 bits per heavy atom. The molecule has 3 N–H and O–H groups in total. The molecule has 1 amide bonds. The molecule has 0 unspecified atom stereocenters. The van der Waals surface area contributed by atoms with Gasteiger partial charge in [-0.05, 0) is 53.8 Å². The zero-order chi connectivity index (χ0) is 18.0. The fourth-order valence-corrected chi connectivity index (χ4v) is 2.74. The summed E-state index contributed by atoms with van der Waals surface area (Å²) >= 11 is 2.02. The van der Waals surface area contributed by atoms with Gasteiger partial charge in [0.15, 0.2) is 0 Å². The van der Waals surface area contributed by atoms with E-state index in [1.165, 1.54) is 12.3 Å². The number of nitrogens with one attached hydrogen (secondary N) is 2. The van der Waals surface area contributed by atoms with Gasteiger partial charge in [-0.2, -0.15) is 0 Å². The van der Waals surface area contributed by atoms with E-state index in [4.69, 9.17) is 9.52 Å². The highest BCUT2D eigenvalue weighted by atomic mass is 127. The molecule has 1 atom stereocenters. The number of aromatic nitrogens is 1. The zero-order valence-electron chi connectivity index (χ0n) is 13.2. The summed E-state index contributed by atoms with van der Waals surface area (Å²) in [6.07, 6.45) is 3.08. The van der Waals surface area contributed by atoms with Gasteiger partial charge in [0.25, 0.3) is 5.91 Å². The van der Waals surface area contributed by atoms with E-state index < -0.39 is 17.8 Å². The summed E-state index contributed by atoms with van der Waals surface area (Å²) in [4.78, 5) is 16.5. The maximum atomic E-state index is 14.2. The number of anilines is 2. The number of pyridine rings is 1. The van der Waals surface area contributed by atoms with Crippen molar-refractivity contribution in [1.82, 2.24) is 10.3 Å². The number of hydrogen-bond donors (Lipinski definition) is 3. The number of aliphatic hydroxyl groups excluding tert-OH is 1. The first-order valence-corrected chi connectivity index (χ1v) is 8.57. The van der Waals surface area contributed by atoms with Gasteiger partial charge < -0.3 is 20.2 Å². The van der Waals surface area contributed by atoms with Gasteiger partial charge in [0.2, 0.25) is 5.76 Å². The first-order chi connectivity index (χ1) is 12.0. The monoisotopic (exact) mass is 455 g/mol. The predicted molar refractivity (Wildman–Crippen MR) is 100 cm³/mol. The Balaban J connectivity index is 2.05. The summed E-state index contributed by atoms with van der Waals surface area (Å²) in [6, 6.07) is 5.90. The summed E-state index contributed by atoms with van der Waals surface area (Å²) < 4.78 is 20.6. The van der Waals surface area contributed by atoms with Crippen LogP contribution in [0.5, 0.6) is 0 Å². The number of amides is 1. The minimum atomic E-state index is -0.508. The van der Waals surface area contributed by atoms with Gasteiger partial charge in [-0.25, -0.2) is 4.39 Å². The van der Waals surface area contributed by atoms with Crippen LogP contribution in [0.3, 0.4) is 0 Å². The molecule has 0 fully saturated rings. The van der Waals surface area contributed by atoms with Crippen LogP contribution in [-0.2, 0) is 0 Å². The number of furan rings is 1. The minimum Gasteiger partial charge on any atom is -0.448 e. The van der Waals surface area contributed by atoms with Crippen molar-refractivity contribution in [3.05, 3.63) is 51.8 Å². The van der Waals surface area contributed by atoms with Crippen molar-refractivity contribution < 1.29 is 18.7 Å². The number of benzene rings is 1. The van der Waals surface area contributed by atoms with Gasteiger partial charge in [-0.3, -0.25) is 9.78 Å². The maximum Gasteiger partial charge on any atom is 0.289 e. The first kappa shape index (κ1) is 17.6. The normalized spacial score (nSPS) is 12.2. The summed E-state index contributed by atoms with van der Waals surface area (Å²) in [5.74, 6) is -0.951. The van der Waals surface area contributed by atoms with E-state index in [1.54, 1.807) is 31.3 Å². The molecule has 0 aliphatic carbocycles. The van der Waals surface area contributed by atoms with Crippen molar-refractivity contribution in [1.29, 1.82) is 0 Å². The minimum absolute atomic E-state index is 0.00116. The van der Waals surface area contributed by atoms with Crippen LogP contribution in [0, 0.1) is 9.39 Å². The van der Waals surface area contributed by atoms with Gasteiger partial charge in [-0.1, -0.05) is 0 Å². The second-order valence-electron chi connectivity index (χ2n) is 5.48. The summed E-state index contributed by atoms with van der Waals surface area (Å²) in [7, 11) is 0. The SMILES string of the molecule is C[C@H](CO)NC(=O)c1oc2ccncc2c1Nc1ccc(I)cc1F. The van der Waals surface area contributed by atoms with E-state index in [9.17, 15) is 9.18 Å². The molecule has 25 heavy (non-hydrogen) atoms. The van der Waals surface area contributed by atoms with Gasteiger partial charge in [0, 0.05) is 22.0 Å². The molecule has 0 radical (unpaired) electrons. The average Bonchev–Trinajstić information content (AvgIpc) is 2.96. The third kappa shape index (κ3) is 3.74. The quantitative estimate of drug-likeness (QED) is 0.514. The lowest BCUT2D eigenvalue weighted by atomic mass is 10.2. The Morgan fingerprint density at radius 1 is 1.44 bits per heavy atom. The number of nitrogens with zero attached hydrogens (tertiary/aromatic N) is 1. The largest absolute Gasteiger partial charge is 0.448 e. The number of halogens is 2. The highest BCUT2D eigenvalue weighted by molar-refractivity contribution is 14.1. The molecule has 3 rings (SSSR count). The van der Waals surface area contributed by atoms with Crippen molar-refractivity contribution >= 4 is 50.8 Å². The van der Waals surface area contributed by atoms with Gasteiger partial charge in [-0.15, -0.1) is 0 Å². The molecule has 0 aliphatic rings. The predicted octanol–water partition coefficient (Wildman–Crippen LogP) is 3.43. The summed E-state index contributed by atoms with van der Waals surface area (Å²) in [5.41, 5.74) is 0.993. The lowest BCUT2D eigenvalue weighted by molar-refractivity contribution is 0.0897. The number of hydrogen-bond acceptors (Lipinski definition) is 5. The maximum absolute atomic E-state index is 14.2. The Hall–Kier alpha value is -2.20.